The van der Waals surface area contributed by atoms with E-state index in [1.54, 1.807) is 12.2 Å². The predicted molar refractivity (Wildman–Crippen MR) is 55.6 cm³/mol. The summed E-state index contributed by atoms with van der Waals surface area (Å²) in [5.74, 6) is 12.5. The molecule has 0 aliphatic carbocycles. The first-order valence-corrected chi connectivity index (χ1v) is 4.29. The van der Waals surface area contributed by atoms with E-state index in [0.29, 0.717) is 11.6 Å². The molecule has 10 nitrogen and oxygen atoms in total. The van der Waals surface area contributed by atoms with Gasteiger partial charge in [0.15, 0.2) is 0 Å². The van der Waals surface area contributed by atoms with Crippen molar-refractivity contribution in [1.29, 1.82) is 0 Å². The first-order chi connectivity index (χ1) is 7.59. The van der Waals surface area contributed by atoms with Gasteiger partial charge in [-0.25, -0.2) is 0 Å². The number of nitrogen functional groups attached to an aromatic ring is 4. The number of hydrogen-bond donors (Lipinski definition) is 6. The van der Waals surface area contributed by atoms with Gasteiger partial charge in [-0.15, -0.1) is 9.35 Å². The molecule has 0 aromatic carbocycles. The molecule has 0 aliphatic heterocycles. The van der Waals surface area contributed by atoms with Crippen LogP contribution in [0.3, 0.4) is 0 Å². The number of anilines is 2. The van der Waals surface area contributed by atoms with Crippen molar-refractivity contribution in [2.24, 2.45) is 0 Å². The molecule has 0 bridgehead atoms. The highest BCUT2D eigenvalue weighted by atomic mass is 35.5. The molecule has 2 aromatic rings. The van der Waals surface area contributed by atoms with Crippen molar-refractivity contribution >= 4 is 24.0 Å². The molecule has 18 heavy (non-hydrogen) atoms. The molecule has 10 N–H and O–H groups in total. The van der Waals surface area contributed by atoms with Gasteiger partial charge < -0.3 is 36.3 Å². The molecule has 0 aliphatic rings. The Kier molecular flexibility index (Phi) is 5.21. The van der Waals surface area contributed by atoms with E-state index in [0.717, 1.165) is 0 Å². The summed E-state index contributed by atoms with van der Waals surface area (Å²) in [6.45, 7) is 0. The molecule has 0 atom stereocenters. The van der Waals surface area contributed by atoms with Crippen LogP contribution in [0.2, 0.25) is 0 Å². The fourth-order valence-electron chi connectivity index (χ4n) is 1.08. The maximum Gasteiger partial charge on any atom is 0.396 e. The number of aromatic nitrogens is 6. The number of nitrogens with zero attached hydrogens (tertiary/aromatic N) is 4. The number of hydrogen-bond acceptors (Lipinski definition) is 6. The topological polar surface area (TPSA) is 169 Å². The van der Waals surface area contributed by atoms with Crippen LogP contribution >= 0.6 is 0 Å². The summed E-state index contributed by atoms with van der Waals surface area (Å²) >= 11 is 0. The summed E-state index contributed by atoms with van der Waals surface area (Å²) in [5, 5.41) is 12.7. The summed E-state index contributed by atoms with van der Waals surface area (Å²) in [6, 6.07) is 0. The zero-order valence-electron chi connectivity index (χ0n) is 9.01. The SMILES string of the molecule is Nc1n[nH]c(/C=C/c2[nH]nc(N)[n+]2N)[n+]1N.[Cl-].[Cl-]. The Labute approximate surface area is 114 Å². The van der Waals surface area contributed by atoms with Gasteiger partial charge in [0.25, 0.3) is 0 Å². The van der Waals surface area contributed by atoms with Crippen molar-refractivity contribution in [3.8, 4) is 0 Å². The number of rotatable bonds is 2. The highest BCUT2D eigenvalue weighted by molar-refractivity contribution is 5.60. The van der Waals surface area contributed by atoms with Crippen molar-refractivity contribution in [2.75, 3.05) is 23.2 Å². The van der Waals surface area contributed by atoms with Crippen LogP contribution in [0.5, 0.6) is 0 Å². The summed E-state index contributed by atoms with van der Waals surface area (Å²) in [6.07, 6.45) is 3.25. The Hall–Kier alpha value is -2.20. The van der Waals surface area contributed by atoms with Gasteiger partial charge in [-0.1, -0.05) is 0 Å². The van der Waals surface area contributed by atoms with Gasteiger partial charge in [0, 0.05) is 22.3 Å². The van der Waals surface area contributed by atoms with Gasteiger partial charge in [-0.3, -0.25) is 11.7 Å². The van der Waals surface area contributed by atoms with Gasteiger partial charge >= 0.3 is 11.9 Å². The van der Waals surface area contributed by atoms with Crippen molar-refractivity contribution in [3.63, 3.8) is 0 Å². The molecule has 0 radical (unpaired) electrons. The number of nitrogens with two attached hydrogens (primary N) is 4. The smallest absolute Gasteiger partial charge is 0.396 e. The maximum absolute atomic E-state index is 5.57. The van der Waals surface area contributed by atoms with Crippen molar-refractivity contribution in [3.05, 3.63) is 11.6 Å². The highest BCUT2D eigenvalue weighted by Gasteiger charge is 2.12. The van der Waals surface area contributed by atoms with E-state index in [-0.39, 0.29) is 36.7 Å². The van der Waals surface area contributed by atoms with Crippen LogP contribution in [-0.2, 0) is 0 Å². The van der Waals surface area contributed by atoms with E-state index in [2.05, 4.69) is 20.4 Å². The lowest BCUT2D eigenvalue weighted by Crippen LogP contribution is -3.00. The van der Waals surface area contributed by atoms with Crippen LogP contribution in [0.4, 0.5) is 11.9 Å². The molecule has 0 unspecified atom stereocenters. The normalized spacial score (nSPS) is 10.0. The molecule has 12 heteroatoms. The average molecular weight is 295 g/mol. The molecule has 0 fully saturated rings. The third-order valence-electron chi connectivity index (χ3n) is 1.98. The molecule has 0 saturated heterocycles. The molecular formula is C6H12Cl2N10. The van der Waals surface area contributed by atoms with Crippen molar-refractivity contribution in [1.82, 2.24) is 20.4 Å². The maximum atomic E-state index is 5.57. The Bertz CT molecular complexity index is 494. The Morgan fingerprint density at radius 2 is 1.17 bits per heavy atom. The fraction of sp³-hybridized carbons (Fsp3) is 0. The molecule has 0 saturated carbocycles. The second kappa shape index (κ2) is 5.93. The molecule has 2 heterocycles. The van der Waals surface area contributed by atoms with E-state index < -0.39 is 0 Å². The standard InChI is InChI=1S/C6H10N10.2ClH/c7-5-13-11-3(15(5)9)1-2-4-12-14-6(8)16(4)10;;/h1-2H,9-10H2,(H4,7,8,11,12,13,14);2*1H. The summed E-state index contributed by atoms with van der Waals surface area (Å²) < 4.78 is 2.38. The van der Waals surface area contributed by atoms with E-state index in [1.807, 2.05) is 0 Å². The molecular weight excluding hydrogens is 283 g/mol. The van der Waals surface area contributed by atoms with Gasteiger partial charge in [0.05, 0.1) is 0 Å². The van der Waals surface area contributed by atoms with Crippen molar-refractivity contribution in [2.45, 2.75) is 0 Å². The Morgan fingerprint density at radius 3 is 1.39 bits per heavy atom. The van der Waals surface area contributed by atoms with E-state index in [1.165, 1.54) is 9.35 Å². The lowest BCUT2D eigenvalue weighted by atomic mass is 10.4. The van der Waals surface area contributed by atoms with Crippen LogP contribution in [-0.4, -0.2) is 20.4 Å². The third-order valence-corrected chi connectivity index (χ3v) is 1.98. The van der Waals surface area contributed by atoms with Crippen LogP contribution in [0.1, 0.15) is 11.6 Å². The fourth-order valence-corrected chi connectivity index (χ4v) is 1.08. The Balaban J connectivity index is 0.00000144. The first-order valence-electron chi connectivity index (χ1n) is 4.29. The molecule has 0 amide bonds. The first kappa shape index (κ1) is 15.8. The zero-order valence-corrected chi connectivity index (χ0v) is 10.5. The summed E-state index contributed by atoms with van der Waals surface area (Å²) in [7, 11) is 0. The minimum absolute atomic E-state index is 0. The van der Waals surface area contributed by atoms with Gasteiger partial charge in [-0.05, 0) is 0 Å². The Morgan fingerprint density at radius 1 is 0.833 bits per heavy atom. The number of H-pyrrole nitrogens is 2. The van der Waals surface area contributed by atoms with Gasteiger partial charge in [-0.2, -0.15) is 10.2 Å². The average Bonchev–Trinajstić information content (AvgIpc) is 2.74. The van der Waals surface area contributed by atoms with Crippen LogP contribution in [0.15, 0.2) is 0 Å². The predicted octanol–water partition coefficient (Wildman–Crippen LogP) is -9.52. The largest absolute Gasteiger partial charge is 1.00 e. The van der Waals surface area contributed by atoms with E-state index in [4.69, 9.17) is 23.2 Å². The number of aromatic amines is 2. The zero-order chi connectivity index (χ0) is 11.7. The number of halogens is 2. The highest BCUT2D eigenvalue weighted by Crippen LogP contribution is 1.97. The molecule has 2 rings (SSSR count). The monoisotopic (exact) mass is 294 g/mol. The van der Waals surface area contributed by atoms with Crippen LogP contribution < -0.4 is 57.3 Å². The molecule has 2 aromatic heterocycles. The minimum Gasteiger partial charge on any atom is -1.00 e. The van der Waals surface area contributed by atoms with Gasteiger partial charge in [0.2, 0.25) is 11.6 Å². The second-order valence-corrected chi connectivity index (χ2v) is 3.01. The minimum atomic E-state index is 0. The van der Waals surface area contributed by atoms with E-state index in [9.17, 15) is 0 Å². The summed E-state index contributed by atoms with van der Waals surface area (Å²) in [5.41, 5.74) is 10.9. The number of nitrogens with one attached hydrogen (secondary N) is 2. The van der Waals surface area contributed by atoms with Gasteiger partial charge in [0.1, 0.15) is 0 Å². The third kappa shape index (κ3) is 2.73. The lowest BCUT2D eigenvalue weighted by molar-refractivity contribution is -0.627. The van der Waals surface area contributed by atoms with E-state index >= 15 is 0 Å². The molecule has 100 valence electrons. The van der Waals surface area contributed by atoms with Crippen LogP contribution in [0, 0.1) is 0 Å². The van der Waals surface area contributed by atoms with Crippen molar-refractivity contribution < 1.29 is 34.2 Å². The van der Waals surface area contributed by atoms with Crippen LogP contribution in [0.25, 0.3) is 12.2 Å². The molecule has 0 spiro atoms. The lowest BCUT2D eigenvalue weighted by Gasteiger charge is -1.89. The quantitative estimate of drug-likeness (QED) is 0.237. The summed E-state index contributed by atoms with van der Waals surface area (Å²) in [4.78, 5) is 0. The second-order valence-electron chi connectivity index (χ2n) is 3.01.